The largest absolute Gasteiger partial charge is 0.480 e. The van der Waals surface area contributed by atoms with E-state index in [0.29, 0.717) is 6.21 Å². The van der Waals surface area contributed by atoms with Crippen molar-refractivity contribution in [3.8, 4) is 0 Å². The van der Waals surface area contributed by atoms with E-state index < -0.39 is 29.8 Å². The van der Waals surface area contributed by atoms with Gasteiger partial charge in [-0.05, 0) is 39.0 Å². The topological polar surface area (TPSA) is 129 Å². The summed E-state index contributed by atoms with van der Waals surface area (Å²) in [6.07, 6.45) is 4.64. The van der Waals surface area contributed by atoms with Crippen molar-refractivity contribution in [3.05, 3.63) is 5.53 Å². The molecule has 8 heteroatoms. The molecule has 0 aromatic heterocycles. The van der Waals surface area contributed by atoms with Crippen LogP contribution in [0.5, 0.6) is 0 Å². The van der Waals surface area contributed by atoms with E-state index in [0.717, 1.165) is 32.1 Å². The fourth-order valence-electron chi connectivity index (χ4n) is 3.04. The molecule has 0 saturated heterocycles. The van der Waals surface area contributed by atoms with E-state index in [4.69, 9.17) is 10.3 Å². The second-order valence-electron chi connectivity index (χ2n) is 6.65. The van der Waals surface area contributed by atoms with Gasteiger partial charge in [-0.1, -0.05) is 19.3 Å². The van der Waals surface area contributed by atoms with Crippen molar-refractivity contribution in [1.82, 2.24) is 5.32 Å². The van der Waals surface area contributed by atoms with Gasteiger partial charge in [-0.25, -0.2) is 4.79 Å². The molecule has 0 heterocycles. The lowest BCUT2D eigenvalue weighted by Gasteiger charge is -2.31. The van der Waals surface area contributed by atoms with Gasteiger partial charge >= 0.3 is 12.2 Å². The summed E-state index contributed by atoms with van der Waals surface area (Å²) in [4.78, 5) is 37.9. The average Bonchev–Trinajstić information content (AvgIpc) is 2.56. The summed E-state index contributed by atoms with van der Waals surface area (Å²) in [5.74, 6) is -2.09. The zero-order valence-electron chi connectivity index (χ0n) is 14.8. The maximum atomic E-state index is 12.6. The van der Waals surface area contributed by atoms with Crippen molar-refractivity contribution in [3.63, 3.8) is 0 Å². The molecule has 0 aliphatic heterocycles. The first-order valence-electron chi connectivity index (χ1n) is 8.74. The molecule has 0 radical (unpaired) electrons. The van der Waals surface area contributed by atoms with Gasteiger partial charge in [-0.15, -0.1) is 0 Å². The molecule has 140 valence electrons. The minimum atomic E-state index is -1.21. The van der Waals surface area contributed by atoms with Gasteiger partial charge in [0.15, 0.2) is 0 Å². The van der Waals surface area contributed by atoms with E-state index in [-0.39, 0.29) is 24.9 Å². The number of nitrogens with zero attached hydrogens (tertiary/aromatic N) is 2. The number of carboxylic acids is 1. The number of hydrogen-bond donors (Lipinski definition) is 2. The number of rotatable bonds is 10. The first-order valence-corrected chi connectivity index (χ1v) is 8.74. The van der Waals surface area contributed by atoms with Crippen LogP contribution in [-0.2, 0) is 19.1 Å². The fourth-order valence-corrected chi connectivity index (χ4v) is 3.04. The van der Waals surface area contributed by atoms with Gasteiger partial charge in [0.25, 0.3) is 0 Å². The SMILES string of the molecule is CC(C)OC(C(=O)NC(CCC(=O)C=[N+]=[N-])C(=O)O)C1CCCCC1. The van der Waals surface area contributed by atoms with Crippen LogP contribution >= 0.6 is 0 Å². The Hall–Kier alpha value is -2.05. The third-order valence-electron chi connectivity index (χ3n) is 4.25. The molecule has 0 aromatic carbocycles. The maximum Gasteiger partial charge on any atom is 0.326 e. The van der Waals surface area contributed by atoms with E-state index in [1.807, 2.05) is 13.8 Å². The molecule has 0 bridgehead atoms. The van der Waals surface area contributed by atoms with Crippen LogP contribution in [0, 0.1) is 5.92 Å². The monoisotopic (exact) mass is 353 g/mol. The average molecular weight is 353 g/mol. The molecule has 2 N–H and O–H groups in total. The summed E-state index contributed by atoms with van der Waals surface area (Å²) in [6.45, 7) is 3.68. The minimum absolute atomic E-state index is 0.0775. The van der Waals surface area contributed by atoms with Gasteiger partial charge in [0.1, 0.15) is 12.1 Å². The molecular weight excluding hydrogens is 326 g/mol. The lowest BCUT2D eigenvalue weighted by molar-refractivity contribution is -0.148. The van der Waals surface area contributed by atoms with E-state index >= 15 is 0 Å². The Morgan fingerprint density at radius 2 is 1.92 bits per heavy atom. The van der Waals surface area contributed by atoms with Gasteiger partial charge in [0.05, 0.1) is 6.10 Å². The van der Waals surface area contributed by atoms with Gasteiger partial charge < -0.3 is 20.7 Å². The molecular formula is C17H27N3O5. The Bertz CT molecular complexity index is 522. The quantitative estimate of drug-likeness (QED) is 0.350. The highest BCUT2D eigenvalue weighted by Crippen LogP contribution is 2.29. The van der Waals surface area contributed by atoms with E-state index in [9.17, 15) is 19.5 Å². The number of nitrogens with one attached hydrogen (secondary N) is 1. The van der Waals surface area contributed by atoms with E-state index in [1.165, 1.54) is 0 Å². The van der Waals surface area contributed by atoms with Crippen molar-refractivity contribution >= 4 is 23.9 Å². The Kier molecular flexibility index (Phi) is 9.02. The lowest BCUT2D eigenvalue weighted by atomic mass is 9.84. The first-order chi connectivity index (χ1) is 11.8. The highest BCUT2D eigenvalue weighted by molar-refractivity contribution is 6.25. The highest BCUT2D eigenvalue weighted by Gasteiger charge is 2.33. The van der Waals surface area contributed by atoms with E-state index in [2.05, 4.69) is 10.1 Å². The molecule has 1 rings (SSSR count). The Morgan fingerprint density at radius 1 is 1.28 bits per heavy atom. The number of carbonyl (C=O) groups excluding carboxylic acids is 2. The molecule has 1 saturated carbocycles. The highest BCUT2D eigenvalue weighted by atomic mass is 16.5. The van der Waals surface area contributed by atoms with Crippen molar-refractivity contribution in [2.45, 2.75) is 77.0 Å². The molecule has 0 aromatic rings. The lowest BCUT2D eigenvalue weighted by Crippen LogP contribution is -2.49. The standard InChI is InChI=1S/C17H27N3O5/c1-11(2)25-15(12-6-4-3-5-7-12)16(22)20-14(17(23)24)9-8-13(21)10-19-18/h10-12,14-15H,3-9H2,1-2H3,(H,20,22)(H,23,24). The number of ketones is 1. The molecule has 2 unspecified atom stereocenters. The number of carbonyl (C=O) groups is 3. The third kappa shape index (κ3) is 7.58. The molecule has 1 aliphatic carbocycles. The van der Waals surface area contributed by atoms with E-state index in [1.54, 1.807) is 0 Å². The molecule has 8 nitrogen and oxygen atoms in total. The zero-order chi connectivity index (χ0) is 18.8. The number of carboxylic acid groups (broad SMARTS) is 1. The second-order valence-corrected chi connectivity index (χ2v) is 6.65. The van der Waals surface area contributed by atoms with Crippen LogP contribution in [0.3, 0.4) is 0 Å². The zero-order valence-corrected chi connectivity index (χ0v) is 14.8. The van der Waals surface area contributed by atoms with Crippen molar-refractivity contribution in [1.29, 1.82) is 0 Å². The first kappa shape index (κ1) is 21.0. The van der Waals surface area contributed by atoms with Crippen LogP contribution in [0.4, 0.5) is 0 Å². The molecule has 2 atom stereocenters. The number of amides is 1. The summed E-state index contributed by atoms with van der Waals surface area (Å²) < 4.78 is 5.77. The fraction of sp³-hybridized carbons (Fsp3) is 0.765. The third-order valence-corrected chi connectivity index (χ3v) is 4.25. The summed E-state index contributed by atoms with van der Waals surface area (Å²) in [7, 11) is 0. The van der Waals surface area contributed by atoms with Crippen molar-refractivity contribution in [2.75, 3.05) is 0 Å². The smallest absolute Gasteiger partial charge is 0.326 e. The van der Waals surface area contributed by atoms with Gasteiger partial charge in [0, 0.05) is 6.42 Å². The van der Waals surface area contributed by atoms with Crippen molar-refractivity contribution in [2.24, 2.45) is 5.92 Å². The Balaban J connectivity index is 2.73. The molecule has 1 aliphatic rings. The van der Waals surface area contributed by atoms with Gasteiger partial charge in [0.2, 0.25) is 11.7 Å². The van der Waals surface area contributed by atoms with Crippen LogP contribution in [0.1, 0.15) is 58.8 Å². The molecule has 1 fully saturated rings. The summed E-state index contributed by atoms with van der Waals surface area (Å²) in [6, 6.07) is -1.19. The predicted molar refractivity (Wildman–Crippen MR) is 90.1 cm³/mol. The van der Waals surface area contributed by atoms with Gasteiger partial charge in [-0.3, -0.25) is 9.59 Å². The number of hydrogen-bond acceptors (Lipinski definition) is 4. The van der Waals surface area contributed by atoms with Gasteiger partial charge in [-0.2, -0.15) is 4.79 Å². The van der Waals surface area contributed by atoms with Crippen LogP contribution in [0.2, 0.25) is 0 Å². The summed E-state index contributed by atoms with van der Waals surface area (Å²) in [5.41, 5.74) is 8.30. The van der Waals surface area contributed by atoms with Crippen LogP contribution in [0.25, 0.3) is 5.53 Å². The Labute approximate surface area is 147 Å². The summed E-state index contributed by atoms with van der Waals surface area (Å²) >= 11 is 0. The predicted octanol–water partition coefficient (Wildman–Crippen LogP) is 1.58. The molecule has 25 heavy (non-hydrogen) atoms. The van der Waals surface area contributed by atoms with Crippen LogP contribution in [-0.4, -0.2) is 52.0 Å². The normalized spacial score (nSPS) is 17.4. The maximum absolute atomic E-state index is 12.6. The number of ether oxygens (including phenoxy) is 1. The second kappa shape index (κ2) is 10.7. The Morgan fingerprint density at radius 3 is 2.44 bits per heavy atom. The minimum Gasteiger partial charge on any atom is -0.480 e. The number of aliphatic carboxylic acids is 1. The molecule has 1 amide bonds. The van der Waals surface area contributed by atoms with Crippen LogP contribution < -0.4 is 5.32 Å². The summed E-state index contributed by atoms with van der Waals surface area (Å²) in [5, 5.41) is 11.8. The number of Topliss-reactive ketones (excluding diaryl/α,β-unsaturated/α-hetero) is 1. The van der Waals surface area contributed by atoms with Crippen molar-refractivity contribution < 1.29 is 29.0 Å². The molecule has 0 spiro atoms. The van der Waals surface area contributed by atoms with Crippen LogP contribution in [0.15, 0.2) is 0 Å².